The lowest BCUT2D eigenvalue weighted by molar-refractivity contribution is -0.215. The van der Waals surface area contributed by atoms with Crippen LogP contribution in [0, 0.1) is 0 Å². The van der Waals surface area contributed by atoms with Gasteiger partial charge >= 0.3 is 11.7 Å². The van der Waals surface area contributed by atoms with E-state index in [0.717, 1.165) is 15.5 Å². The number of aromatic nitrogens is 2. The van der Waals surface area contributed by atoms with Crippen molar-refractivity contribution in [1.82, 2.24) is 19.4 Å². The van der Waals surface area contributed by atoms with E-state index in [-0.39, 0.29) is 25.9 Å². The second kappa shape index (κ2) is 11.2. The van der Waals surface area contributed by atoms with Gasteiger partial charge in [-0.2, -0.15) is 0 Å². The molecule has 10 atom stereocenters. The molecule has 1 amide bonds. The van der Waals surface area contributed by atoms with Crippen LogP contribution in [0.15, 0.2) is 21.9 Å². The molecule has 0 aliphatic carbocycles. The zero-order valence-corrected chi connectivity index (χ0v) is 20.8. The van der Waals surface area contributed by atoms with Crippen LogP contribution in [0.5, 0.6) is 0 Å². The van der Waals surface area contributed by atoms with Gasteiger partial charge in [-0.15, -0.1) is 0 Å². The smallest absolute Gasteiger partial charge is 0.330 e. The maximum atomic E-state index is 13.6. The van der Waals surface area contributed by atoms with Crippen LogP contribution in [0.25, 0.3) is 0 Å². The summed E-state index contributed by atoms with van der Waals surface area (Å²) in [6.07, 6.45) is -7.89. The van der Waals surface area contributed by atoms with Crippen molar-refractivity contribution in [3.63, 3.8) is 0 Å². The highest BCUT2D eigenvalue weighted by Crippen LogP contribution is 2.35. The molecular weight excluding hydrogens is 510 g/mol. The highest BCUT2D eigenvalue weighted by atomic mass is 16.7. The number of aliphatic hydroxyl groups is 3. The number of aliphatic hydroxyl groups excluding tert-OH is 3. The Morgan fingerprint density at radius 1 is 1.16 bits per heavy atom. The molecule has 0 unspecified atom stereocenters. The summed E-state index contributed by atoms with van der Waals surface area (Å²) in [6, 6.07) is -1.68. The molecule has 0 aromatic carbocycles. The molecule has 16 heteroatoms. The van der Waals surface area contributed by atoms with Crippen LogP contribution in [0.4, 0.5) is 0 Å². The summed E-state index contributed by atoms with van der Waals surface area (Å²) < 4.78 is 18.9. The Labute approximate surface area is 216 Å². The van der Waals surface area contributed by atoms with E-state index in [9.17, 15) is 39.6 Å². The Morgan fingerprint density at radius 3 is 2.47 bits per heavy atom. The number of nitrogens with zero attached hydrogens (tertiary/aromatic N) is 3. The van der Waals surface area contributed by atoms with E-state index in [0.29, 0.717) is 0 Å². The predicted octanol–water partition coefficient (Wildman–Crippen LogP) is -4.41. The van der Waals surface area contributed by atoms with E-state index in [1.54, 1.807) is 0 Å². The number of aromatic amines is 1. The average molecular weight is 544 g/mol. The number of H-pyrrole nitrogens is 1. The number of aliphatic carboxylic acids is 1. The first-order valence-corrected chi connectivity index (χ1v) is 12.1. The van der Waals surface area contributed by atoms with Crippen molar-refractivity contribution in [2.45, 2.75) is 74.1 Å². The molecular formula is C22H33N5O11. The van der Waals surface area contributed by atoms with Crippen LogP contribution in [0.1, 0.15) is 19.1 Å². The van der Waals surface area contributed by atoms with E-state index >= 15 is 0 Å². The van der Waals surface area contributed by atoms with E-state index in [4.69, 9.17) is 19.9 Å². The number of nitrogens with two attached hydrogens (primary N) is 1. The molecule has 4 rings (SSSR count). The largest absolute Gasteiger partial charge is 0.480 e. The summed E-state index contributed by atoms with van der Waals surface area (Å²) in [5, 5.41) is 41.4. The molecule has 0 bridgehead atoms. The molecule has 0 radical (unpaired) electrons. The molecule has 3 saturated heterocycles. The van der Waals surface area contributed by atoms with Gasteiger partial charge in [0, 0.05) is 45.2 Å². The van der Waals surface area contributed by atoms with Gasteiger partial charge in [0.15, 0.2) is 12.3 Å². The van der Waals surface area contributed by atoms with Crippen LogP contribution in [-0.2, 0) is 23.8 Å². The Kier molecular flexibility index (Phi) is 8.34. The molecule has 212 valence electrons. The lowest BCUT2D eigenvalue weighted by Crippen LogP contribution is -2.58. The van der Waals surface area contributed by atoms with Gasteiger partial charge < -0.3 is 45.3 Å². The van der Waals surface area contributed by atoms with Gasteiger partial charge in [0.05, 0.1) is 24.4 Å². The molecule has 1 aromatic rings. The van der Waals surface area contributed by atoms with E-state index in [1.807, 2.05) is 0 Å². The third-order valence-electron chi connectivity index (χ3n) is 7.25. The van der Waals surface area contributed by atoms with Gasteiger partial charge in [0.25, 0.3) is 5.56 Å². The molecule has 0 spiro atoms. The van der Waals surface area contributed by atoms with Crippen molar-refractivity contribution < 1.29 is 44.2 Å². The van der Waals surface area contributed by atoms with E-state index in [2.05, 4.69) is 4.98 Å². The minimum atomic E-state index is -1.54. The Bertz CT molecular complexity index is 1140. The van der Waals surface area contributed by atoms with Crippen molar-refractivity contribution in [1.29, 1.82) is 0 Å². The van der Waals surface area contributed by atoms with Crippen molar-refractivity contribution in [3.8, 4) is 0 Å². The molecule has 16 nitrogen and oxygen atoms in total. The first-order chi connectivity index (χ1) is 17.9. The summed E-state index contributed by atoms with van der Waals surface area (Å²) in [6.45, 7) is -0.230. The molecule has 1 aromatic heterocycles. The van der Waals surface area contributed by atoms with Gasteiger partial charge in [-0.05, 0) is 7.05 Å². The van der Waals surface area contributed by atoms with Crippen LogP contribution >= 0.6 is 0 Å². The number of carboxylic acids is 1. The zero-order chi connectivity index (χ0) is 27.9. The molecule has 4 heterocycles. The van der Waals surface area contributed by atoms with Gasteiger partial charge in [0.2, 0.25) is 5.91 Å². The number of nitrogens with one attached hydrogen (secondary N) is 1. The highest BCUT2D eigenvalue weighted by molar-refractivity contribution is 5.88. The van der Waals surface area contributed by atoms with Crippen molar-refractivity contribution in [2.24, 2.45) is 5.73 Å². The molecule has 7 N–H and O–H groups in total. The van der Waals surface area contributed by atoms with Crippen LogP contribution in [-0.4, -0.2) is 134 Å². The van der Waals surface area contributed by atoms with Crippen LogP contribution < -0.4 is 17.0 Å². The lowest BCUT2D eigenvalue weighted by atomic mass is 9.98. The number of carboxylic acid groups (broad SMARTS) is 1. The number of carbonyl (C=O) groups excluding carboxylic acids is 1. The molecule has 3 aliphatic heterocycles. The van der Waals surface area contributed by atoms with E-state index in [1.165, 1.54) is 25.2 Å². The Balaban J connectivity index is 1.69. The number of rotatable bonds is 7. The summed E-state index contributed by atoms with van der Waals surface area (Å²) in [4.78, 5) is 53.6. The van der Waals surface area contributed by atoms with Crippen molar-refractivity contribution >= 4 is 11.9 Å². The van der Waals surface area contributed by atoms with Crippen LogP contribution in [0.3, 0.4) is 0 Å². The number of carbonyl (C=O) groups is 2. The summed E-state index contributed by atoms with van der Waals surface area (Å²) in [5.41, 5.74) is 4.25. The lowest BCUT2D eigenvalue weighted by Gasteiger charge is -2.38. The predicted molar refractivity (Wildman–Crippen MR) is 126 cm³/mol. The summed E-state index contributed by atoms with van der Waals surface area (Å²) in [5.74, 6) is -2.13. The first-order valence-electron chi connectivity index (χ1n) is 12.1. The monoisotopic (exact) mass is 543 g/mol. The van der Waals surface area contributed by atoms with Crippen molar-refractivity contribution in [3.05, 3.63) is 33.1 Å². The topological polar surface area (TPSA) is 230 Å². The van der Waals surface area contributed by atoms with Gasteiger partial charge in [-0.3, -0.25) is 24.0 Å². The van der Waals surface area contributed by atoms with E-state index < -0.39 is 84.4 Å². The quantitative estimate of drug-likeness (QED) is 0.191. The standard InChI is InChI=1S/C22H33N5O11/c1-25-8-11(30)16(21(33)34)26(2)20(32)17(25)19(38-15-6-9(28)12(7-23)36-15)18-10(29)5-14(37-18)27-4-3-13(31)24-22(27)35/h3-4,9-12,14-19,28-30H,5-8,23H2,1-2H3,(H,33,34)(H,24,31,35)/t9-,10-,11-,12+,14+,15-,16-,17+,18-,19+/m0/s1. The fourth-order valence-electron chi connectivity index (χ4n) is 5.32. The summed E-state index contributed by atoms with van der Waals surface area (Å²) in [7, 11) is 2.72. The third kappa shape index (κ3) is 5.39. The minimum absolute atomic E-state index is 0.00291. The molecule has 3 fully saturated rings. The first kappa shape index (κ1) is 28.3. The maximum absolute atomic E-state index is 13.6. The normalized spacial score (nSPS) is 37.4. The number of hydrogen-bond donors (Lipinski definition) is 6. The third-order valence-corrected chi connectivity index (χ3v) is 7.25. The maximum Gasteiger partial charge on any atom is 0.330 e. The fourth-order valence-corrected chi connectivity index (χ4v) is 5.32. The Morgan fingerprint density at radius 2 is 1.87 bits per heavy atom. The van der Waals surface area contributed by atoms with Crippen molar-refractivity contribution in [2.75, 3.05) is 27.2 Å². The number of ether oxygens (including phenoxy) is 3. The number of β-amino-alcohol motifs (C(OH)–C–C–N with tert-alkyl or cyclic N) is 1. The number of amides is 1. The van der Waals surface area contributed by atoms with Gasteiger partial charge in [-0.1, -0.05) is 0 Å². The Hall–Kier alpha value is -2.70. The zero-order valence-electron chi connectivity index (χ0n) is 20.8. The molecule has 3 aliphatic rings. The SMILES string of the molecule is CN1C[C@H](O)[C@@H](C(=O)O)N(C)C(=O)[C@H]1[C@@H](O[C@H]1C[C@H](O)[C@@H](CN)O1)[C@H]1O[C@@H](n2ccc(=O)[nH]c2=O)C[C@@H]1O. The molecule has 0 saturated carbocycles. The second-order valence-electron chi connectivity index (χ2n) is 9.80. The minimum Gasteiger partial charge on any atom is -0.480 e. The van der Waals surface area contributed by atoms with Gasteiger partial charge in [0.1, 0.15) is 24.5 Å². The average Bonchev–Trinajstić information content (AvgIpc) is 3.37. The highest BCUT2D eigenvalue weighted by Gasteiger charge is 2.53. The van der Waals surface area contributed by atoms with Crippen LogP contribution in [0.2, 0.25) is 0 Å². The fraction of sp³-hybridized carbons (Fsp3) is 0.727. The summed E-state index contributed by atoms with van der Waals surface area (Å²) >= 11 is 0. The number of likely N-dealkylation sites (N-methyl/N-ethyl adjacent to an activating group) is 2. The second-order valence-corrected chi connectivity index (χ2v) is 9.80. The van der Waals surface area contributed by atoms with Gasteiger partial charge in [-0.25, -0.2) is 9.59 Å². The number of hydrogen-bond acceptors (Lipinski definition) is 12. The molecule has 38 heavy (non-hydrogen) atoms.